The number of nitrogens with zero attached hydrogens (tertiary/aromatic N) is 1. The third-order valence-corrected chi connectivity index (χ3v) is 7.09. The van der Waals surface area contributed by atoms with Crippen LogP contribution in [0.1, 0.15) is 74.4 Å². The second kappa shape index (κ2) is 9.24. The van der Waals surface area contributed by atoms with Crippen LogP contribution in [0.2, 0.25) is 0 Å². The first-order valence-corrected chi connectivity index (χ1v) is 12.1. The molecule has 4 rings (SSSR count). The average Bonchev–Trinajstić information content (AvgIpc) is 3.08. The van der Waals surface area contributed by atoms with Gasteiger partial charge in [0.25, 0.3) is 0 Å². The zero-order valence-corrected chi connectivity index (χ0v) is 20.5. The molecule has 2 atom stereocenters. The first kappa shape index (κ1) is 24.0. The standard InChI is InChI=1S/C28H34N2O4/c1-19(20-10-6-5-7-11-20)24(29-26(33)34-27(2,3)4)25(32)30-16-14-28(15-17-30)18-23(31)21-12-8-9-13-22(21)28/h5-13,19,24H,14-18H2,1-4H3,(H,29,33). The van der Waals surface area contributed by atoms with Crippen LogP contribution in [0, 0.1) is 0 Å². The summed E-state index contributed by atoms with van der Waals surface area (Å²) >= 11 is 0. The van der Waals surface area contributed by atoms with Crippen molar-refractivity contribution in [2.75, 3.05) is 13.1 Å². The number of likely N-dealkylation sites (tertiary alicyclic amines) is 1. The monoisotopic (exact) mass is 462 g/mol. The van der Waals surface area contributed by atoms with Gasteiger partial charge in [-0.3, -0.25) is 9.59 Å². The molecule has 2 unspecified atom stereocenters. The first-order chi connectivity index (χ1) is 16.1. The highest BCUT2D eigenvalue weighted by Gasteiger charge is 2.46. The third-order valence-electron chi connectivity index (χ3n) is 7.09. The molecule has 2 aromatic carbocycles. The van der Waals surface area contributed by atoms with E-state index in [1.807, 2.05) is 60.4 Å². The van der Waals surface area contributed by atoms with Crippen molar-refractivity contribution in [1.82, 2.24) is 10.2 Å². The van der Waals surface area contributed by atoms with Crippen LogP contribution in [0.4, 0.5) is 4.79 Å². The third kappa shape index (κ3) is 4.86. The molecule has 1 aliphatic carbocycles. The van der Waals surface area contributed by atoms with E-state index in [9.17, 15) is 14.4 Å². The van der Waals surface area contributed by atoms with E-state index in [0.717, 1.165) is 29.5 Å². The minimum atomic E-state index is -0.746. The number of rotatable bonds is 4. The number of amides is 2. The van der Waals surface area contributed by atoms with E-state index in [1.54, 1.807) is 20.8 Å². The summed E-state index contributed by atoms with van der Waals surface area (Å²) in [6.07, 6.45) is 1.38. The Morgan fingerprint density at radius 3 is 2.26 bits per heavy atom. The van der Waals surface area contributed by atoms with E-state index in [4.69, 9.17) is 4.74 Å². The zero-order valence-electron chi connectivity index (χ0n) is 20.5. The largest absolute Gasteiger partial charge is 0.444 e. The predicted octanol–water partition coefficient (Wildman–Crippen LogP) is 4.83. The molecule has 0 saturated carbocycles. The molecule has 180 valence electrons. The van der Waals surface area contributed by atoms with Gasteiger partial charge in [0.05, 0.1) is 0 Å². The Hall–Kier alpha value is -3.15. The van der Waals surface area contributed by atoms with Crippen molar-refractivity contribution in [3.05, 3.63) is 71.3 Å². The van der Waals surface area contributed by atoms with Gasteiger partial charge in [-0.1, -0.05) is 61.5 Å². The van der Waals surface area contributed by atoms with Crippen molar-refractivity contribution in [2.24, 2.45) is 0 Å². The summed E-state index contributed by atoms with van der Waals surface area (Å²) in [6.45, 7) is 8.45. The van der Waals surface area contributed by atoms with Gasteiger partial charge in [-0.15, -0.1) is 0 Å². The molecule has 0 aromatic heterocycles. The Morgan fingerprint density at radius 2 is 1.62 bits per heavy atom. The van der Waals surface area contributed by atoms with Crippen LogP contribution >= 0.6 is 0 Å². The number of hydrogen-bond donors (Lipinski definition) is 1. The first-order valence-electron chi connectivity index (χ1n) is 12.1. The smallest absolute Gasteiger partial charge is 0.408 e. The Bertz CT molecular complexity index is 1070. The molecule has 0 radical (unpaired) electrons. The van der Waals surface area contributed by atoms with Gasteiger partial charge in [-0.2, -0.15) is 0 Å². The second-order valence-corrected chi connectivity index (χ2v) is 10.6. The molecule has 1 N–H and O–H groups in total. The van der Waals surface area contributed by atoms with Gasteiger partial charge in [0.1, 0.15) is 11.6 Å². The van der Waals surface area contributed by atoms with Crippen LogP contribution in [0.3, 0.4) is 0 Å². The summed E-state index contributed by atoms with van der Waals surface area (Å²) in [5.74, 6) is -0.155. The summed E-state index contributed by atoms with van der Waals surface area (Å²) in [5, 5.41) is 2.85. The highest BCUT2D eigenvalue weighted by atomic mass is 16.6. The van der Waals surface area contributed by atoms with E-state index in [1.165, 1.54) is 0 Å². The number of ketones is 1. The molecule has 0 bridgehead atoms. The van der Waals surface area contributed by atoms with E-state index >= 15 is 0 Å². The number of benzene rings is 2. The molecule has 2 aliphatic rings. The van der Waals surface area contributed by atoms with Crippen molar-refractivity contribution >= 4 is 17.8 Å². The fourth-order valence-electron chi connectivity index (χ4n) is 5.27. The molecular formula is C28H34N2O4. The lowest BCUT2D eigenvalue weighted by Crippen LogP contribution is -2.54. The maximum absolute atomic E-state index is 13.7. The number of ether oxygens (including phenoxy) is 1. The van der Waals surface area contributed by atoms with Gasteiger partial charge in [-0.25, -0.2) is 4.79 Å². The number of piperidine rings is 1. The second-order valence-electron chi connectivity index (χ2n) is 10.6. The number of hydrogen-bond acceptors (Lipinski definition) is 4. The van der Waals surface area contributed by atoms with E-state index < -0.39 is 17.7 Å². The van der Waals surface area contributed by atoms with Crippen molar-refractivity contribution in [3.8, 4) is 0 Å². The maximum atomic E-state index is 13.7. The maximum Gasteiger partial charge on any atom is 0.408 e. The summed E-state index contributed by atoms with van der Waals surface area (Å²) in [5.41, 5.74) is 2.07. The van der Waals surface area contributed by atoms with Gasteiger partial charge >= 0.3 is 6.09 Å². The molecule has 2 amide bonds. The van der Waals surface area contributed by atoms with Crippen molar-refractivity contribution in [1.29, 1.82) is 0 Å². The van der Waals surface area contributed by atoms with Crippen LogP contribution in [0.25, 0.3) is 0 Å². The Balaban J connectivity index is 1.52. The van der Waals surface area contributed by atoms with E-state index in [-0.39, 0.29) is 23.0 Å². The average molecular weight is 463 g/mol. The summed E-state index contributed by atoms with van der Waals surface area (Å²) in [7, 11) is 0. The molecule has 1 spiro atoms. The van der Waals surface area contributed by atoms with Gasteiger partial charge in [0.15, 0.2) is 5.78 Å². The van der Waals surface area contributed by atoms with Crippen LogP contribution in [-0.2, 0) is 14.9 Å². The molecule has 1 saturated heterocycles. The van der Waals surface area contributed by atoms with Crippen molar-refractivity contribution < 1.29 is 19.1 Å². The number of fused-ring (bicyclic) bond motifs is 2. The van der Waals surface area contributed by atoms with Gasteiger partial charge < -0.3 is 15.0 Å². The molecular weight excluding hydrogens is 428 g/mol. The summed E-state index contributed by atoms with van der Waals surface area (Å²) < 4.78 is 5.46. The predicted molar refractivity (Wildman–Crippen MR) is 131 cm³/mol. The van der Waals surface area contributed by atoms with Gasteiger partial charge in [0, 0.05) is 36.4 Å². The SMILES string of the molecule is CC(c1ccccc1)C(NC(=O)OC(C)(C)C)C(=O)N1CCC2(CC1)CC(=O)c1ccccc12. The molecule has 6 heteroatoms. The van der Waals surface area contributed by atoms with Crippen LogP contribution in [0.5, 0.6) is 0 Å². The Labute approximate surface area is 201 Å². The highest BCUT2D eigenvalue weighted by Crippen LogP contribution is 2.46. The van der Waals surface area contributed by atoms with E-state index in [0.29, 0.717) is 19.5 Å². The van der Waals surface area contributed by atoms with Gasteiger partial charge in [0.2, 0.25) is 5.91 Å². The topological polar surface area (TPSA) is 75.7 Å². The fraction of sp³-hybridized carbons (Fsp3) is 0.464. The Morgan fingerprint density at radius 1 is 1.00 bits per heavy atom. The zero-order chi connectivity index (χ0) is 24.5. The number of alkyl carbamates (subject to hydrolysis) is 1. The quantitative estimate of drug-likeness (QED) is 0.706. The fourth-order valence-corrected chi connectivity index (χ4v) is 5.27. The van der Waals surface area contributed by atoms with Crippen LogP contribution in [-0.4, -0.2) is 47.4 Å². The van der Waals surface area contributed by atoms with Crippen LogP contribution < -0.4 is 5.32 Å². The molecule has 1 aliphatic heterocycles. The summed E-state index contributed by atoms with van der Waals surface area (Å²) in [4.78, 5) is 40.8. The minimum absolute atomic E-state index is 0.116. The molecule has 6 nitrogen and oxygen atoms in total. The normalized spacial score (nSPS) is 18.8. The molecule has 1 fully saturated rings. The number of nitrogens with one attached hydrogen (secondary N) is 1. The Kier molecular flexibility index (Phi) is 6.52. The van der Waals surface area contributed by atoms with Gasteiger partial charge in [-0.05, 0) is 44.7 Å². The highest BCUT2D eigenvalue weighted by molar-refractivity contribution is 6.02. The number of Topliss-reactive ketones (excluding diaryl/α,β-unsaturated/α-hetero) is 1. The van der Waals surface area contributed by atoms with Crippen molar-refractivity contribution in [2.45, 2.75) is 69.9 Å². The summed E-state index contributed by atoms with van der Waals surface area (Å²) in [6, 6.07) is 16.8. The molecule has 2 aromatic rings. The number of carbonyl (C=O) groups is 3. The molecule has 34 heavy (non-hydrogen) atoms. The van der Waals surface area contributed by atoms with E-state index in [2.05, 4.69) is 11.4 Å². The number of carbonyl (C=O) groups excluding carboxylic acids is 3. The van der Waals surface area contributed by atoms with Crippen molar-refractivity contribution in [3.63, 3.8) is 0 Å². The van der Waals surface area contributed by atoms with Crippen LogP contribution in [0.15, 0.2) is 54.6 Å². The lowest BCUT2D eigenvalue weighted by Gasteiger charge is -2.41. The lowest BCUT2D eigenvalue weighted by molar-refractivity contribution is -0.135. The lowest BCUT2D eigenvalue weighted by atomic mass is 9.73. The molecule has 1 heterocycles. The minimum Gasteiger partial charge on any atom is -0.444 e.